The van der Waals surface area contributed by atoms with Crippen LogP contribution < -0.4 is 0 Å². The van der Waals surface area contributed by atoms with Crippen molar-refractivity contribution < 1.29 is 5.11 Å². The number of aliphatic hydroxyl groups is 1. The summed E-state index contributed by atoms with van der Waals surface area (Å²) in [6.07, 6.45) is 24.7. The van der Waals surface area contributed by atoms with Crippen LogP contribution in [0.3, 0.4) is 0 Å². The third-order valence-electron chi connectivity index (χ3n) is 6.92. The standard InChI is InChI=1S/C28H50O/c1-6-9-10-18-26-21-20-25(17-12-11-15-23(4)5)22-27(26)28(29)19-14-13-16-24(7-2)8-3/h7,9-10,16,23,25-29H,2,6,8,11-15,17-22H2,1,3-5H3/b10-9-,24-16+/t25?,26-,27?,28?/m0/s1. The van der Waals surface area contributed by atoms with E-state index in [1.54, 1.807) is 0 Å². The average molecular weight is 403 g/mol. The quantitative estimate of drug-likeness (QED) is 0.165. The number of unbranched alkanes of at least 4 members (excludes halogenated alkanes) is 2. The Hall–Kier alpha value is -0.820. The second-order valence-electron chi connectivity index (χ2n) is 9.73. The first-order valence-corrected chi connectivity index (χ1v) is 12.7. The summed E-state index contributed by atoms with van der Waals surface area (Å²) in [5.41, 5.74) is 1.33. The van der Waals surface area contributed by atoms with Gasteiger partial charge >= 0.3 is 0 Å². The highest BCUT2D eigenvalue weighted by atomic mass is 16.3. The number of hydrogen-bond donors (Lipinski definition) is 1. The van der Waals surface area contributed by atoms with Gasteiger partial charge in [-0.2, -0.15) is 0 Å². The molecule has 1 heteroatoms. The van der Waals surface area contributed by atoms with Gasteiger partial charge in [-0.05, 0) is 75.0 Å². The predicted molar refractivity (Wildman–Crippen MR) is 130 cm³/mol. The molecule has 1 fully saturated rings. The maximum atomic E-state index is 11.1. The molecule has 1 aliphatic rings. The van der Waals surface area contributed by atoms with Crippen LogP contribution in [0.1, 0.15) is 111 Å². The number of rotatable bonds is 15. The molecule has 0 aromatic rings. The van der Waals surface area contributed by atoms with E-state index in [0.717, 1.165) is 50.4 Å². The van der Waals surface area contributed by atoms with E-state index in [1.165, 1.54) is 50.5 Å². The SMILES string of the molecule is C=C/C(=C\CCCC(O)C1CC(CCCCC(C)C)CC[C@@H]1C/C=C\CC)CC. The topological polar surface area (TPSA) is 20.2 Å². The lowest BCUT2D eigenvalue weighted by Gasteiger charge is -2.39. The van der Waals surface area contributed by atoms with Gasteiger partial charge in [-0.3, -0.25) is 0 Å². The molecule has 0 aromatic carbocycles. The maximum Gasteiger partial charge on any atom is 0.0571 e. The Kier molecular flexibility index (Phi) is 14.4. The van der Waals surface area contributed by atoms with Crippen molar-refractivity contribution in [2.24, 2.45) is 23.7 Å². The highest BCUT2D eigenvalue weighted by molar-refractivity contribution is 5.15. The highest BCUT2D eigenvalue weighted by Crippen LogP contribution is 2.41. The van der Waals surface area contributed by atoms with Gasteiger partial charge in [0.05, 0.1) is 6.10 Å². The van der Waals surface area contributed by atoms with Gasteiger partial charge in [-0.25, -0.2) is 0 Å². The van der Waals surface area contributed by atoms with Gasteiger partial charge in [0, 0.05) is 0 Å². The minimum atomic E-state index is -0.129. The van der Waals surface area contributed by atoms with Crippen LogP contribution in [0.4, 0.5) is 0 Å². The summed E-state index contributed by atoms with van der Waals surface area (Å²) in [7, 11) is 0. The molecule has 3 unspecified atom stereocenters. The van der Waals surface area contributed by atoms with Crippen LogP contribution in [0, 0.1) is 23.7 Å². The van der Waals surface area contributed by atoms with E-state index in [1.807, 2.05) is 6.08 Å². The Morgan fingerprint density at radius 1 is 1.07 bits per heavy atom. The lowest BCUT2D eigenvalue weighted by Crippen LogP contribution is -2.34. The zero-order valence-corrected chi connectivity index (χ0v) is 20.0. The summed E-state index contributed by atoms with van der Waals surface area (Å²) >= 11 is 0. The molecule has 1 N–H and O–H groups in total. The fraction of sp³-hybridized carbons (Fsp3) is 0.786. The van der Waals surface area contributed by atoms with E-state index in [0.29, 0.717) is 11.8 Å². The molecule has 0 radical (unpaired) electrons. The molecule has 0 saturated heterocycles. The summed E-state index contributed by atoms with van der Waals surface area (Å²) in [6, 6.07) is 0. The molecule has 0 spiro atoms. The van der Waals surface area contributed by atoms with Crippen LogP contribution in [0.2, 0.25) is 0 Å². The summed E-state index contributed by atoms with van der Waals surface area (Å²) in [5.74, 6) is 2.83. The Morgan fingerprint density at radius 3 is 2.52 bits per heavy atom. The lowest BCUT2D eigenvalue weighted by molar-refractivity contribution is 0.0227. The first kappa shape index (κ1) is 26.2. The van der Waals surface area contributed by atoms with E-state index in [2.05, 4.69) is 52.5 Å². The zero-order chi connectivity index (χ0) is 21.5. The number of aliphatic hydroxyl groups excluding tert-OH is 1. The molecule has 1 aliphatic carbocycles. The summed E-state index contributed by atoms with van der Waals surface area (Å²) in [5, 5.41) is 11.1. The number of hydrogen-bond acceptors (Lipinski definition) is 1. The van der Waals surface area contributed by atoms with Gasteiger partial charge < -0.3 is 5.11 Å². The Morgan fingerprint density at radius 2 is 1.86 bits per heavy atom. The maximum absolute atomic E-state index is 11.1. The molecule has 1 rings (SSSR count). The van der Waals surface area contributed by atoms with Crippen LogP contribution >= 0.6 is 0 Å². The van der Waals surface area contributed by atoms with Gasteiger partial charge in [0.15, 0.2) is 0 Å². The molecule has 0 heterocycles. The number of allylic oxidation sites excluding steroid dienone is 5. The Balaban J connectivity index is 2.56. The molecule has 0 bridgehead atoms. The Labute approximate surface area is 182 Å². The van der Waals surface area contributed by atoms with Crippen molar-refractivity contribution in [1.82, 2.24) is 0 Å². The fourth-order valence-corrected chi connectivity index (χ4v) is 5.01. The molecule has 0 amide bonds. The molecule has 0 aliphatic heterocycles. The van der Waals surface area contributed by atoms with Crippen LogP contribution in [0.15, 0.2) is 36.5 Å². The van der Waals surface area contributed by atoms with Crippen molar-refractivity contribution in [2.75, 3.05) is 0 Å². The van der Waals surface area contributed by atoms with E-state index >= 15 is 0 Å². The lowest BCUT2D eigenvalue weighted by atomic mass is 9.68. The molecule has 1 nitrogen and oxygen atoms in total. The normalized spacial score (nSPS) is 24.3. The van der Waals surface area contributed by atoms with Crippen molar-refractivity contribution in [3.8, 4) is 0 Å². The van der Waals surface area contributed by atoms with Crippen molar-refractivity contribution in [1.29, 1.82) is 0 Å². The predicted octanol–water partition coefficient (Wildman–Crippen LogP) is 8.65. The third kappa shape index (κ3) is 11.2. The molecule has 168 valence electrons. The third-order valence-corrected chi connectivity index (χ3v) is 6.92. The van der Waals surface area contributed by atoms with Crippen molar-refractivity contribution in [2.45, 2.75) is 117 Å². The van der Waals surface area contributed by atoms with Crippen LogP contribution in [-0.2, 0) is 0 Å². The second kappa shape index (κ2) is 15.9. The van der Waals surface area contributed by atoms with Gasteiger partial charge in [-0.1, -0.05) is 96.3 Å². The molecule has 4 atom stereocenters. The zero-order valence-electron chi connectivity index (χ0n) is 20.0. The summed E-state index contributed by atoms with van der Waals surface area (Å²) in [4.78, 5) is 0. The van der Waals surface area contributed by atoms with Crippen LogP contribution in [-0.4, -0.2) is 11.2 Å². The van der Waals surface area contributed by atoms with Crippen molar-refractivity contribution in [3.05, 3.63) is 36.5 Å². The van der Waals surface area contributed by atoms with Gasteiger partial charge in [-0.15, -0.1) is 0 Å². The van der Waals surface area contributed by atoms with Crippen molar-refractivity contribution >= 4 is 0 Å². The molecule has 1 saturated carbocycles. The fourth-order valence-electron chi connectivity index (χ4n) is 5.01. The van der Waals surface area contributed by atoms with E-state index in [-0.39, 0.29) is 6.10 Å². The van der Waals surface area contributed by atoms with Crippen LogP contribution in [0.5, 0.6) is 0 Å². The van der Waals surface area contributed by atoms with Crippen molar-refractivity contribution in [3.63, 3.8) is 0 Å². The largest absolute Gasteiger partial charge is 0.393 e. The minimum absolute atomic E-state index is 0.129. The minimum Gasteiger partial charge on any atom is -0.393 e. The first-order valence-electron chi connectivity index (χ1n) is 12.7. The summed E-state index contributed by atoms with van der Waals surface area (Å²) < 4.78 is 0. The van der Waals surface area contributed by atoms with Gasteiger partial charge in [0.2, 0.25) is 0 Å². The van der Waals surface area contributed by atoms with E-state index in [9.17, 15) is 5.11 Å². The van der Waals surface area contributed by atoms with E-state index in [4.69, 9.17) is 0 Å². The monoisotopic (exact) mass is 402 g/mol. The van der Waals surface area contributed by atoms with E-state index < -0.39 is 0 Å². The van der Waals surface area contributed by atoms with Gasteiger partial charge in [0.1, 0.15) is 0 Å². The second-order valence-corrected chi connectivity index (χ2v) is 9.73. The van der Waals surface area contributed by atoms with Gasteiger partial charge in [0.25, 0.3) is 0 Å². The highest BCUT2D eigenvalue weighted by Gasteiger charge is 2.33. The molecule has 0 aromatic heterocycles. The van der Waals surface area contributed by atoms with Crippen LogP contribution in [0.25, 0.3) is 0 Å². The molecular weight excluding hydrogens is 352 g/mol. The molecule has 29 heavy (non-hydrogen) atoms. The first-order chi connectivity index (χ1) is 14.0. The summed E-state index contributed by atoms with van der Waals surface area (Å²) in [6.45, 7) is 12.9. The molecular formula is C28H50O. The smallest absolute Gasteiger partial charge is 0.0571 e. The Bertz CT molecular complexity index is 473. The average Bonchev–Trinajstić information content (AvgIpc) is 2.72.